The third-order valence-electron chi connectivity index (χ3n) is 2.46. The van der Waals surface area contributed by atoms with Crippen molar-refractivity contribution in [2.75, 3.05) is 32.0 Å². The highest BCUT2D eigenvalue weighted by molar-refractivity contribution is 7.89. The second kappa shape index (κ2) is 6.32. The van der Waals surface area contributed by atoms with Crippen LogP contribution in [-0.2, 0) is 19.6 Å². The highest BCUT2D eigenvalue weighted by atomic mass is 32.2. The molecule has 0 saturated carbocycles. The summed E-state index contributed by atoms with van der Waals surface area (Å²) in [5.74, 6) is -0.125. The van der Waals surface area contributed by atoms with Crippen LogP contribution in [0.1, 0.15) is 20.3 Å². The summed E-state index contributed by atoms with van der Waals surface area (Å²) in [4.78, 5) is 11.1. The third-order valence-corrected chi connectivity index (χ3v) is 4.29. The number of sulfonamides is 1. The van der Waals surface area contributed by atoms with E-state index in [-0.39, 0.29) is 37.3 Å². The molecule has 1 aliphatic heterocycles. The molecule has 1 rings (SSSR count). The number of amides is 1. The average molecular weight is 264 g/mol. The standard InChI is InChI=1S/C10H20N2O4S/c1-9(2)16-7-8-17(14,15)12-5-3-10(13)11-4-6-12/h9H,3-8H2,1-2H3,(H,11,13). The summed E-state index contributed by atoms with van der Waals surface area (Å²) in [6.45, 7) is 4.90. The van der Waals surface area contributed by atoms with Crippen LogP contribution >= 0.6 is 0 Å². The van der Waals surface area contributed by atoms with Gasteiger partial charge >= 0.3 is 0 Å². The smallest absolute Gasteiger partial charge is 0.221 e. The van der Waals surface area contributed by atoms with Gasteiger partial charge in [0.1, 0.15) is 0 Å². The molecule has 0 aromatic rings. The maximum Gasteiger partial charge on any atom is 0.221 e. The van der Waals surface area contributed by atoms with Gasteiger partial charge in [-0.05, 0) is 13.8 Å². The van der Waals surface area contributed by atoms with Crippen LogP contribution in [-0.4, -0.2) is 56.7 Å². The molecule has 0 spiro atoms. The molecule has 1 heterocycles. The molecule has 0 bridgehead atoms. The highest BCUT2D eigenvalue weighted by Crippen LogP contribution is 2.05. The monoisotopic (exact) mass is 264 g/mol. The first-order valence-electron chi connectivity index (χ1n) is 5.78. The van der Waals surface area contributed by atoms with Gasteiger partial charge in [0.25, 0.3) is 0 Å². The van der Waals surface area contributed by atoms with Crippen LogP contribution in [0.25, 0.3) is 0 Å². The molecular weight excluding hydrogens is 244 g/mol. The SMILES string of the molecule is CC(C)OCCS(=O)(=O)N1CCNC(=O)CC1. The van der Waals surface area contributed by atoms with Crippen LogP contribution in [0.4, 0.5) is 0 Å². The van der Waals surface area contributed by atoms with E-state index in [1.54, 1.807) is 0 Å². The van der Waals surface area contributed by atoms with Crippen molar-refractivity contribution in [1.82, 2.24) is 9.62 Å². The molecule has 100 valence electrons. The van der Waals surface area contributed by atoms with Crippen LogP contribution in [0.15, 0.2) is 0 Å². The molecule has 0 aromatic carbocycles. The van der Waals surface area contributed by atoms with Crippen LogP contribution in [0.5, 0.6) is 0 Å². The van der Waals surface area contributed by atoms with E-state index in [2.05, 4.69) is 5.32 Å². The van der Waals surface area contributed by atoms with Gasteiger partial charge in [-0.15, -0.1) is 0 Å². The molecule has 0 aromatic heterocycles. The van der Waals surface area contributed by atoms with Crippen molar-refractivity contribution in [3.8, 4) is 0 Å². The Morgan fingerprint density at radius 3 is 2.76 bits per heavy atom. The minimum Gasteiger partial charge on any atom is -0.378 e. The molecule has 7 heteroatoms. The molecule has 1 saturated heterocycles. The molecule has 1 fully saturated rings. The number of rotatable bonds is 5. The van der Waals surface area contributed by atoms with E-state index in [0.717, 1.165) is 0 Å². The molecular formula is C10H20N2O4S. The zero-order valence-electron chi connectivity index (χ0n) is 10.3. The van der Waals surface area contributed by atoms with Crippen LogP contribution in [0, 0.1) is 0 Å². The van der Waals surface area contributed by atoms with Gasteiger partial charge in [-0.3, -0.25) is 4.79 Å². The van der Waals surface area contributed by atoms with Gasteiger partial charge in [-0.25, -0.2) is 8.42 Å². The van der Waals surface area contributed by atoms with Crippen molar-refractivity contribution in [2.45, 2.75) is 26.4 Å². The zero-order valence-corrected chi connectivity index (χ0v) is 11.1. The average Bonchev–Trinajstić information content (AvgIpc) is 2.42. The van der Waals surface area contributed by atoms with Crippen molar-refractivity contribution >= 4 is 15.9 Å². The molecule has 0 unspecified atom stereocenters. The summed E-state index contributed by atoms with van der Waals surface area (Å²) in [6, 6.07) is 0. The Morgan fingerprint density at radius 1 is 1.41 bits per heavy atom. The van der Waals surface area contributed by atoms with Gasteiger partial charge < -0.3 is 10.1 Å². The van der Waals surface area contributed by atoms with Gasteiger partial charge in [0.2, 0.25) is 15.9 Å². The van der Waals surface area contributed by atoms with Crippen molar-refractivity contribution in [2.24, 2.45) is 0 Å². The van der Waals surface area contributed by atoms with E-state index >= 15 is 0 Å². The largest absolute Gasteiger partial charge is 0.378 e. The summed E-state index contributed by atoms with van der Waals surface area (Å²) >= 11 is 0. The Morgan fingerprint density at radius 2 is 2.12 bits per heavy atom. The van der Waals surface area contributed by atoms with Gasteiger partial charge in [-0.1, -0.05) is 0 Å². The predicted octanol–water partition coefficient (Wildman–Crippen LogP) is -0.437. The first-order valence-corrected chi connectivity index (χ1v) is 7.39. The number of hydrogen-bond acceptors (Lipinski definition) is 4. The molecule has 17 heavy (non-hydrogen) atoms. The molecule has 6 nitrogen and oxygen atoms in total. The first kappa shape index (κ1) is 14.4. The molecule has 0 atom stereocenters. The number of carbonyl (C=O) groups is 1. The molecule has 1 amide bonds. The van der Waals surface area contributed by atoms with E-state index in [1.807, 2.05) is 13.8 Å². The van der Waals surface area contributed by atoms with Crippen LogP contribution < -0.4 is 5.32 Å². The lowest BCUT2D eigenvalue weighted by Crippen LogP contribution is -2.37. The Hall–Kier alpha value is -0.660. The fraction of sp³-hybridized carbons (Fsp3) is 0.900. The minimum atomic E-state index is -3.31. The molecule has 1 N–H and O–H groups in total. The maximum absolute atomic E-state index is 11.9. The van der Waals surface area contributed by atoms with Gasteiger partial charge in [0.05, 0.1) is 18.5 Å². The van der Waals surface area contributed by atoms with Gasteiger partial charge in [-0.2, -0.15) is 4.31 Å². The van der Waals surface area contributed by atoms with E-state index in [1.165, 1.54) is 4.31 Å². The first-order chi connectivity index (χ1) is 7.92. The zero-order chi connectivity index (χ0) is 12.9. The summed E-state index contributed by atoms with van der Waals surface area (Å²) in [5.41, 5.74) is 0. The number of nitrogens with zero attached hydrogens (tertiary/aromatic N) is 1. The summed E-state index contributed by atoms with van der Waals surface area (Å²) in [5, 5.41) is 2.64. The lowest BCUT2D eigenvalue weighted by Gasteiger charge is -2.19. The van der Waals surface area contributed by atoms with Crippen molar-refractivity contribution in [3.63, 3.8) is 0 Å². The molecule has 1 aliphatic rings. The van der Waals surface area contributed by atoms with E-state index < -0.39 is 10.0 Å². The van der Waals surface area contributed by atoms with Crippen molar-refractivity contribution < 1.29 is 17.9 Å². The number of carbonyl (C=O) groups excluding carboxylic acids is 1. The van der Waals surface area contributed by atoms with E-state index in [9.17, 15) is 13.2 Å². The molecule has 0 aliphatic carbocycles. The van der Waals surface area contributed by atoms with Gasteiger partial charge in [0.15, 0.2) is 0 Å². The maximum atomic E-state index is 11.9. The fourth-order valence-electron chi connectivity index (χ4n) is 1.54. The third kappa shape index (κ3) is 5.01. The lowest BCUT2D eigenvalue weighted by atomic mass is 10.4. The number of ether oxygens (including phenoxy) is 1. The van der Waals surface area contributed by atoms with Crippen molar-refractivity contribution in [1.29, 1.82) is 0 Å². The topological polar surface area (TPSA) is 75.7 Å². The van der Waals surface area contributed by atoms with Crippen molar-refractivity contribution in [3.05, 3.63) is 0 Å². The summed E-state index contributed by atoms with van der Waals surface area (Å²) < 4.78 is 30.5. The normalized spacial score (nSPS) is 19.1. The Kier molecular flexibility index (Phi) is 5.35. The number of nitrogens with one attached hydrogen (secondary N) is 1. The second-order valence-corrected chi connectivity index (χ2v) is 6.32. The Bertz CT molecular complexity index is 353. The van der Waals surface area contributed by atoms with Gasteiger partial charge in [0, 0.05) is 26.1 Å². The Labute approximate surface area is 102 Å². The minimum absolute atomic E-state index is 0.0255. The summed E-state index contributed by atoms with van der Waals surface area (Å²) in [7, 11) is -3.31. The summed E-state index contributed by atoms with van der Waals surface area (Å²) in [6.07, 6.45) is 0.252. The quantitative estimate of drug-likeness (QED) is 0.730. The van der Waals surface area contributed by atoms with Crippen LogP contribution in [0.3, 0.4) is 0 Å². The van der Waals surface area contributed by atoms with Crippen LogP contribution in [0.2, 0.25) is 0 Å². The fourth-order valence-corrected chi connectivity index (χ4v) is 2.85. The Balaban J connectivity index is 2.48. The number of hydrogen-bond donors (Lipinski definition) is 1. The second-order valence-electron chi connectivity index (χ2n) is 4.23. The van der Waals surface area contributed by atoms with E-state index in [0.29, 0.717) is 13.1 Å². The highest BCUT2D eigenvalue weighted by Gasteiger charge is 2.24. The molecule has 0 radical (unpaired) electrons. The van der Waals surface area contributed by atoms with E-state index in [4.69, 9.17) is 4.74 Å². The predicted molar refractivity (Wildman–Crippen MR) is 64.1 cm³/mol. The lowest BCUT2D eigenvalue weighted by molar-refractivity contribution is -0.120.